The molecule has 0 bridgehead atoms. The lowest BCUT2D eigenvalue weighted by atomic mass is 10.3. The van der Waals surface area contributed by atoms with Crippen molar-refractivity contribution in [1.82, 2.24) is 4.98 Å². The number of thiazole rings is 1. The maximum absolute atomic E-state index is 5.21. The van der Waals surface area contributed by atoms with Crippen LogP contribution in [0.15, 0.2) is 12.1 Å². The summed E-state index contributed by atoms with van der Waals surface area (Å²) in [5, 5.41) is 1.05. The van der Waals surface area contributed by atoms with Gasteiger partial charge in [0.15, 0.2) is 11.5 Å². The van der Waals surface area contributed by atoms with Crippen LogP contribution in [0.2, 0.25) is 0 Å². The van der Waals surface area contributed by atoms with Gasteiger partial charge in [-0.2, -0.15) is 0 Å². The molecule has 2 rings (SSSR count). The van der Waals surface area contributed by atoms with Gasteiger partial charge in [-0.1, -0.05) is 13.8 Å². The maximum Gasteiger partial charge on any atom is 0.162 e. The van der Waals surface area contributed by atoms with Crippen LogP contribution in [0.1, 0.15) is 18.9 Å². The summed E-state index contributed by atoms with van der Waals surface area (Å²) in [6, 6.07) is 3.86. The molecule has 0 aliphatic rings. The topological polar surface area (TPSA) is 31.4 Å². The van der Waals surface area contributed by atoms with Gasteiger partial charge < -0.3 is 9.47 Å². The van der Waals surface area contributed by atoms with E-state index in [1.165, 1.54) is 0 Å². The predicted molar refractivity (Wildman–Crippen MR) is 68.8 cm³/mol. The zero-order valence-electron chi connectivity index (χ0n) is 10.3. The summed E-state index contributed by atoms with van der Waals surface area (Å²) in [7, 11) is 3.26. The quantitative estimate of drug-likeness (QED) is 0.801. The second-order valence-corrected chi connectivity index (χ2v) is 4.14. The van der Waals surface area contributed by atoms with Crippen molar-refractivity contribution in [1.29, 1.82) is 0 Å². The molecule has 0 spiro atoms. The van der Waals surface area contributed by atoms with E-state index in [2.05, 4.69) is 4.98 Å². The van der Waals surface area contributed by atoms with E-state index in [0.717, 1.165) is 26.7 Å². The molecule has 0 atom stereocenters. The van der Waals surface area contributed by atoms with Crippen molar-refractivity contribution in [2.24, 2.45) is 0 Å². The Morgan fingerprint density at radius 1 is 1.06 bits per heavy atom. The van der Waals surface area contributed by atoms with Gasteiger partial charge in [0.05, 0.1) is 29.4 Å². The molecule has 0 amide bonds. The van der Waals surface area contributed by atoms with Gasteiger partial charge in [0.25, 0.3) is 0 Å². The minimum atomic E-state index is 0.727. The zero-order chi connectivity index (χ0) is 12.1. The van der Waals surface area contributed by atoms with Crippen LogP contribution in [0.3, 0.4) is 0 Å². The number of methoxy groups -OCH3 is 2. The number of aromatic nitrogens is 1. The minimum Gasteiger partial charge on any atom is -0.493 e. The molecular formula is C12H17NO2S. The van der Waals surface area contributed by atoms with Crippen molar-refractivity contribution in [3.63, 3.8) is 0 Å². The van der Waals surface area contributed by atoms with E-state index < -0.39 is 0 Å². The molecule has 0 saturated carbocycles. The number of benzene rings is 1. The smallest absolute Gasteiger partial charge is 0.162 e. The van der Waals surface area contributed by atoms with E-state index in [9.17, 15) is 0 Å². The molecule has 16 heavy (non-hydrogen) atoms. The molecule has 0 aliphatic carbocycles. The first kappa shape index (κ1) is 12.8. The zero-order valence-corrected chi connectivity index (χ0v) is 11.1. The Hall–Kier alpha value is -1.29. The molecule has 0 N–H and O–H groups in total. The Kier molecular flexibility index (Phi) is 4.55. The molecule has 0 radical (unpaired) electrons. The van der Waals surface area contributed by atoms with Crippen LogP contribution in [-0.2, 0) is 0 Å². The summed E-state index contributed by atoms with van der Waals surface area (Å²) < 4.78 is 11.5. The first-order valence-electron chi connectivity index (χ1n) is 5.23. The summed E-state index contributed by atoms with van der Waals surface area (Å²) in [5.74, 6) is 1.48. The van der Waals surface area contributed by atoms with Gasteiger partial charge in [-0.3, -0.25) is 0 Å². The molecule has 3 nitrogen and oxygen atoms in total. The standard InChI is InChI=1S/C10H11NO2S.C2H6/c1-6-11-7-4-8(12-2)9(13-3)5-10(7)14-6;1-2/h4-5H,1-3H3;1-2H3. The number of hydrogen-bond acceptors (Lipinski definition) is 4. The van der Waals surface area contributed by atoms with E-state index in [0.29, 0.717) is 0 Å². The Morgan fingerprint density at radius 2 is 1.62 bits per heavy atom. The highest BCUT2D eigenvalue weighted by atomic mass is 32.1. The van der Waals surface area contributed by atoms with Gasteiger partial charge in [-0.05, 0) is 6.92 Å². The van der Waals surface area contributed by atoms with E-state index >= 15 is 0 Å². The van der Waals surface area contributed by atoms with Crippen LogP contribution >= 0.6 is 11.3 Å². The average Bonchev–Trinajstić information content (AvgIpc) is 2.68. The molecule has 0 unspecified atom stereocenters. The van der Waals surface area contributed by atoms with E-state index in [1.807, 2.05) is 32.9 Å². The highest BCUT2D eigenvalue weighted by Crippen LogP contribution is 2.34. The van der Waals surface area contributed by atoms with Gasteiger partial charge in [0.1, 0.15) is 0 Å². The van der Waals surface area contributed by atoms with E-state index in [-0.39, 0.29) is 0 Å². The second kappa shape index (κ2) is 5.70. The third-order valence-electron chi connectivity index (χ3n) is 2.00. The molecule has 2 aromatic rings. The second-order valence-electron chi connectivity index (χ2n) is 2.91. The highest BCUT2D eigenvalue weighted by molar-refractivity contribution is 7.18. The summed E-state index contributed by atoms with van der Waals surface area (Å²) >= 11 is 1.65. The Labute approximate surface area is 100 Å². The van der Waals surface area contributed by atoms with Crippen LogP contribution in [0.25, 0.3) is 10.2 Å². The van der Waals surface area contributed by atoms with Gasteiger partial charge >= 0.3 is 0 Å². The molecule has 1 aromatic carbocycles. The molecule has 0 saturated heterocycles. The fourth-order valence-electron chi connectivity index (χ4n) is 1.37. The Morgan fingerprint density at radius 3 is 2.19 bits per heavy atom. The van der Waals surface area contributed by atoms with Crippen LogP contribution < -0.4 is 9.47 Å². The van der Waals surface area contributed by atoms with Gasteiger partial charge in [-0.15, -0.1) is 11.3 Å². The molecule has 0 aliphatic heterocycles. The Balaban J connectivity index is 0.000000606. The predicted octanol–water partition coefficient (Wildman–Crippen LogP) is 3.65. The largest absolute Gasteiger partial charge is 0.493 e. The van der Waals surface area contributed by atoms with Crippen molar-refractivity contribution in [2.75, 3.05) is 14.2 Å². The third-order valence-corrected chi connectivity index (χ3v) is 2.93. The van der Waals surface area contributed by atoms with Gasteiger partial charge in [-0.25, -0.2) is 4.98 Å². The lowest BCUT2D eigenvalue weighted by molar-refractivity contribution is 0.356. The summed E-state index contributed by atoms with van der Waals surface area (Å²) in [5.41, 5.74) is 0.963. The number of hydrogen-bond donors (Lipinski definition) is 0. The van der Waals surface area contributed by atoms with Gasteiger partial charge in [0.2, 0.25) is 0 Å². The van der Waals surface area contributed by atoms with Crippen LogP contribution in [0, 0.1) is 6.92 Å². The van der Waals surface area contributed by atoms with Crippen LogP contribution in [-0.4, -0.2) is 19.2 Å². The molecule has 0 fully saturated rings. The number of rotatable bonds is 2. The van der Waals surface area contributed by atoms with Crippen LogP contribution in [0.5, 0.6) is 11.5 Å². The summed E-state index contributed by atoms with van der Waals surface area (Å²) in [4.78, 5) is 4.38. The molecule has 88 valence electrons. The maximum atomic E-state index is 5.21. The first-order chi connectivity index (χ1) is 7.74. The van der Waals surface area contributed by atoms with Crippen LogP contribution in [0.4, 0.5) is 0 Å². The third kappa shape index (κ3) is 2.44. The number of fused-ring (bicyclic) bond motifs is 1. The summed E-state index contributed by atoms with van der Waals surface area (Å²) in [6.07, 6.45) is 0. The van der Waals surface area contributed by atoms with Crippen molar-refractivity contribution in [2.45, 2.75) is 20.8 Å². The lowest BCUT2D eigenvalue weighted by Crippen LogP contribution is -1.89. The SMILES string of the molecule is CC.COc1cc2nc(C)sc2cc1OC. The lowest BCUT2D eigenvalue weighted by Gasteiger charge is -2.05. The molecule has 1 aromatic heterocycles. The van der Waals surface area contributed by atoms with E-state index in [1.54, 1.807) is 25.6 Å². The van der Waals surface area contributed by atoms with Gasteiger partial charge in [0, 0.05) is 12.1 Å². The fraction of sp³-hybridized carbons (Fsp3) is 0.417. The first-order valence-corrected chi connectivity index (χ1v) is 6.05. The fourth-order valence-corrected chi connectivity index (χ4v) is 2.21. The van der Waals surface area contributed by atoms with Crippen molar-refractivity contribution in [3.8, 4) is 11.5 Å². The van der Waals surface area contributed by atoms with Crippen molar-refractivity contribution in [3.05, 3.63) is 17.1 Å². The number of ether oxygens (including phenoxy) is 2. The van der Waals surface area contributed by atoms with E-state index in [4.69, 9.17) is 9.47 Å². The number of nitrogens with zero attached hydrogens (tertiary/aromatic N) is 1. The molecule has 1 heterocycles. The monoisotopic (exact) mass is 239 g/mol. The average molecular weight is 239 g/mol. The molecular weight excluding hydrogens is 222 g/mol. The summed E-state index contributed by atoms with van der Waals surface area (Å²) in [6.45, 7) is 5.99. The Bertz CT molecular complexity index is 424. The van der Waals surface area contributed by atoms with Crippen molar-refractivity contribution >= 4 is 21.6 Å². The highest BCUT2D eigenvalue weighted by Gasteiger charge is 2.08. The van der Waals surface area contributed by atoms with Crippen molar-refractivity contribution < 1.29 is 9.47 Å². The number of aryl methyl sites for hydroxylation is 1. The molecule has 4 heteroatoms. The minimum absolute atomic E-state index is 0.727. The normalized spacial score (nSPS) is 9.56.